The number of nitrogens with one attached hydrogen (secondary N) is 1. The lowest BCUT2D eigenvalue weighted by atomic mass is 9.90. The summed E-state index contributed by atoms with van der Waals surface area (Å²) in [7, 11) is 6.47. The number of hydrogen-bond donors (Lipinski definition) is 1. The number of likely N-dealkylation sites (tertiary alicyclic amines) is 1. The summed E-state index contributed by atoms with van der Waals surface area (Å²) in [5, 5.41) is 3.74. The molecule has 1 aliphatic rings. The molecule has 0 saturated carbocycles. The van der Waals surface area contributed by atoms with E-state index in [2.05, 4.69) is 68.3 Å². The number of anilines is 1. The second kappa shape index (κ2) is 7.28. The van der Waals surface area contributed by atoms with Crippen LogP contribution in [0.3, 0.4) is 0 Å². The molecule has 0 spiro atoms. The predicted molar refractivity (Wildman–Crippen MR) is 91.9 cm³/mol. The molecule has 0 unspecified atom stereocenters. The van der Waals surface area contributed by atoms with Crippen molar-refractivity contribution in [3.8, 4) is 0 Å². The molecule has 1 heterocycles. The van der Waals surface area contributed by atoms with Gasteiger partial charge in [0.2, 0.25) is 0 Å². The lowest BCUT2D eigenvalue weighted by molar-refractivity contribution is 0.208. The van der Waals surface area contributed by atoms with Crippen LogP contribution in [0.4, 0.5) is 5.69 Å². The van der Waals surface area contributed by atoms with Gasteiger partial charge < -0.3 is 15.1 Å². The summed E-state index contributed by atoms with van der Waals surface area (Å²) in [6, 6.07) is 7.40. The van der Waals surface area contributed by atoms with Crippen molar-refractivity contribution in [3.05, 3.63) is 29.3 Å². The molecule has 2 rings (SSSR count). The summed E-state index contributed by atoms with van der Waals surface area (Å²) in [6.07, 6.45) is 2.61. The van der Waals surface area contributed by atoms with Crippen LogP contribution in [0.25, 0.3) is 0 Å². The molecule has 118 valence electrons. The Hall–Kier alpha value is -1.06. The highest BCUT2D eigenvalue weighted by atomic mass is 15.1. The fourth-order valence-corrected chi connectivity index (χ4v) is 3.31. The van der Waals surface area contributed by atoms with Crippen LogP contribution in [0.2, 0.25) is 0 Å². The smallest absolute Gasteiger partial charge is 0.0348 e. The Kier molecular flexibility index (Phi) is 5.65. The van der Waals surface area contributed by atoms with Gasteiger partial charge in [-0.3, -0.25) is 0 Å². The minimum Gasteiger partial charge on any atom is -0.382 e. The molecule has 1 aromatic rings. The average Bonchev–Trinajstić information content (AvgIpc) is 2.37. The fraction of sp³-hybridized carbons (Fsp3) is 0.667. The van der Waals surface area contributed by atoms with Gasteiger partial charge >= 0.3 is 0 Å². The molecule has 3 nitrogen and oxygen atoms in total. The summed E-state index contributed by atoms with van der Waals surface area (Å²) in [6.45, 7) is 7.99. The van der Waals surface area contributed by atoms with E-state index in [1.54, 1.807) is 0 Å². The zero-order chi connectivity index (χ0) is 15.4. The van der Waals surface area contributed by atoms with E-state index < -0.39 is 0 Å². The van der Waals surface area contributed by atoms with Crippen LogP contribution in [0.5, 0.6) is 0 Å². The minimum absolute atomic E-state index is 0.549. The molecular weight excluding hydrogens is 258 g/mol. The van der Waals surface area contributed by atoms with Gasteiger partial charge in [-0.05, 0) is 90.1 Å². The molecule has 1 saturated heterocycles. The largest absolute Gasteiger partial charge is 0.382 e. The Morgan fingerprint density at radius 2 is 1.90 bits per heavy atom. The lowest BCUT2D eigenvalue weighted by Crippen LogP contribution is -2.37. The first kappa shape index (κ1) is 16.3. The number of hydrogen-bond acceptors (Lipinski definition) is 3. The maximum atomic E-state index is 3.74. The topological polar surface area (TPSA) is 18.5 Å². The summed E-state index contributed by atoms with van der Waals surface area (Å²) in [5.41, 5.74) is 4.00. The van der Waals surface area contributed by atoms with E-state index >= 15 is 0 Å². The van der Waals surface area contributed by atoms with Crippen LogP contribution < -0.4 is 5.32 Å². The fourth-order valence-electron chi connectivity index (χ4n) is 3.31. The first-order valence-corrected chi connectivity index (χ1v) is 8.14. The van der Waals surface area contributed by atoms with Gasteiger partial charge in [0.25, 0.3) is 0 Å². The Balaban J connectivity index is 1.99. The highest BCUT2D eigenvalue weighted by Gasteiger charge is 2.22. The normalized spacial score (nSPS) is 19.0. The third-order valence-corrected chi connectivity index (χ3v) is 4.50. The van der Waals surface area contributed by atoms with E-state index in [9.17, 15) is 0 Å². The van der Waals surface area contributed by atoms with Crippen molar-refractivity contribution in [2.75, 3.05) is 39.5 Å². The first-order chi connectivity index (χ1) is 9.94. The molecule has 1 N–H and O–H groups in total. The highest BCUT2D eigenvalue weighted by molar-refractivity contribution is 5.49. The average molecular weight is 289 g/mol. The van der Waals surface area contributed by atoms with Gasteiger partial charge in [-0.2, -0.15) is 0 Å². The number of nitrogens with zero attached hydrogens (tertiary/aromatic N) is 2. The monoisotopic (exact) mass is 289 g/mol. The van der Waals surface area contributed by atoms with E-state index in [1.165, 1.54) is 42.7 Å². The quantitative estimate of drug-likeness (QED) is 0.898. The Labute approximate surface area is 130 Å². The van der Waals surface area contributed by atoms with Gasteiger partial charge in [-0.15, -0.1) is 0 Å². The molecule has 21 heavy (non-hydrogen) atoms. The molecule has 1 fully saturated rings. The standard InChI is InChI=1S/C18H31N3/c1-14-10-16(13-20(3)4)12-18(11-14)19-15(2)17-6-8-21(5)9-7-17/h10-12,15,17,19H,6-9,13H2,1-5H3/t15-/m0/s1. The van der Waals surface area contributed by atoms with Crippen LogP contribution in [0.15, 0.2) is 18.2 Å². The lowest BCUT2D eigenvalue weighted by Gasteiger charge is -2.33. The third kappa shape index (κ3) is 5.01. The van der Waals surface area contributed by atoms with Crippen LogP contribution >= 0.6 is 0 Å². The van der Waals surface area contributed by atoms with E-state index in [4.69, 9.17) is 0 Å². The second-order valence-electron chi connectivity index (χ2n) is 7.02. The maximum Gasteiger partial charge on any atom is 0.0348 e. The maximum absolute atomic E-state index is 3.74. The van der Waals surface area contributed by atoms with Gasteiger partial charge in [-0.25, -0.2) is 0 Å². The van der Waals surface area contributed by atoms with Gasteiger partial charge in [0.1, 0.15) is 0 Å². The molecule has 3 heteroatoms. The van der Waals surface area contributed by atoms with Crippen molar-refractivity contribution in [1.29, 1.82) is 0 Å². The number of rotatable bonds is 5. The van der Waals surface area contributed by atoms with E-state index in [1.807, 2.05) is 0 Å². The number of aryl methyl sites for hydroxylation is 1. The Bertz CT molecular complexity index is 448. The molecule has 0 aliphatic carbocycles. The molecule has 1 aliphatic heterocycles. The zero-order valence-corrected chi connectivity index (χ0v) is 14.3. The van der Waals surface area contributed by atoms with Crippen molar-refractivity contribution in [2.45, 2.75) is 39.3 Å². The van der Waals surface area contributed by atoms with Gasteiger partial charge in [-0.1, -0.05) is 6.07 Å². The second-order valence-corrected chi connectivity index (χ2v) is 7.02. The zero-order valence-electron chi connectivity index (χ0n) is 14.3. The van der Waals surface area contributed by atoms with Gasteiger partial charge in [0.05, 0.1) is 0 Å². The molecular formula is C18H31N3. The molecule has 1 aromatic carbocycles. The summed E-state index contributed by atoms with van der Waals surface area (Å²) in [5.74, 6) is 0.791. The van der Waals surface area contributed by atoms with Gasteiger partial charge in [0, 0.05) is 18.3 Å². The van der Waals surface area contributed by atoms with E-state index in [0.29, 0.717) is 6.04 Å². The summed E-state index contributed by atoms with van der Waals surface area (Å²) < 4.78 is 0. The van der Waals surface area contributed by atoms with Crippen LogP contribution in [-0.4, -0.2) is 50.1 Å². The van der Waals surface area contributed by atoms with E-state index in [0.717, 1.165) is 12.5 Å². The SMILES string of the molecule is Cc1cc(CN(C)C)cc(N[C@@H](C)C2CCN(C)CC2)c1. The molecule has 1 atom stereocenters. The van der Waals surface area contributed by atoms with Crippen molar-refractivity contribution in [3.63, 3.8) is 0 Å². The van der Waals surface area contributed by atoms with Crippen molar-refractivity contribution >= 4 is 5.69 Å². The summed E-state index contributed by atoms with van der Waals surface area (Å²) >= 11 is 0. The minimum atomic E-state index is 0.549. The van der Waals surface area contributed by atoms with Crippen molar-refractivity contribution < 1.29 is 0 Å². The van der Waals surface area contributed by atoms with Gasteiger partial charge in [0.15, 0.2) is 0 Å². The van der Waals surface area contributed by atoms with Crippen molar-refractivity contribution in [2.24, 2.45) is 5.92 Å². The van der Waals surface area contributed by atoms with Crippen LogP contribution in [0, 0.1) is 12.8 Å². The summed E-state index contributed by atoms with van der Waals surface area (Å²) in [4.78, 5) is 4.66. The first-order valence-electron chi connectivity index (χ1n) is 8.14. The molecule has 0 amide bonds. The Morgan fingerprint density at radius 3 is 2.52 bits per heavy atom. The Morgan fingerprint density at radius 1 is 1.24 bits per heavy atom. The predicted octanol–water partition coefficient (Wildman–Crippen LogP) is 3.20. The number of piperidine rings is 1. The molecule has 0 bridgehead atoms. The van der Waals surface area contributed by atoms with Crippen LogP contribution in [-0.2, 0) is 6.54 Å². The van der Waals surface area contributed by atoms with E-state index in [-0.39, 0.29) is 0 Å². The third-order valence-electron chi connectivity index (χ3n) is 4.50. The highest BCUT2D eigenvalue weighted by Crippen LogP contribution is 2.24. The van der Waals surface area contributed by atoms with Crippen molar-refractivity contribution in [1.82, 2.24) is 9.80 Å². The van der Waals surface area contributed by atoms with Crippen LogP contribution in [0.1, 0.15) is 30.9 Å². The molecule has 0 radical (unpaired) electrons. The number of benzene rings is 1. The molecule has 0 aromatic heterocycles.